The number of benzene rings is 3. The molecule has 2 heterocycles. The number of rotatable bonds is 11. The number of phenolic OH excluding ortho intramolecular Hbond substituents is 1. The summed E-state index contributed by atoms with van der Waals surface area (Å²) in [6.45, 7) is 6.26. The topological polar surface area (TPSA) is 258 Å². The summed E-state index contributed by atoms with van der Waals surface area (Å²) in [6, 6.07) is 16.7. The fourth-order valence-electron chi connectivity index (χ4n) is 5.49. The number of nitrogens with zero attached hydrogens (tertiary/aromatic N) is 1. The first kappa shape index (κ1) is 40.2. The molecule has 1 aromatic heterocycles. The van der Waals surface area contributed by atoms with Crippen LogP contribution < -0.4 is 27.0 Å². The molecule has 0 saturated carbocycles. The minimum Gasteiger partial charge on any atom is -0.508 e. The Bertz CT molecular complexity index is 1890. The van der Waals surface area contributed by atoms with Gasteiger partial charge >= 0.3 is 5.97 Å². The van der Waals surface area contributed by atoms with Crippen LogP contribution in [-0.2, 0) is 21.6 Å². The van der Waals surface area contributed by atoms with Gasteiger partial charge in [0.1, 0.15) is 18.2 Å². The Kier molecular flexibility index (Phi) is 13.8. The van der Waals surface area contributed by atoms with Crippen LogP contribution in [0.4, 0.5) is 5.69 Å². The summed E-state index contributed by atoms with van der Waals surface area (Å²) in [7, 11) is 0. The summed E-state index contributed by atoms with van der Waals surface area (Å²) >= 11 is 3.47. The second-order valence-electron chi connectivity index (χ2n) is 13.4. The lowest BCUT2D eigenvalue weighted by Gasteiger charge is -2.24. The fraction of sp³-hybridized carbons (Fsp3) is 0.361. The number of carboxylic acids is 1. The van der Waals surface area contributed by atoms with E-state index in [-0.39, 0.29) is 37.3 Å². The van der Waals surface area contributed by atoms with Gasteiger partial charge in [0.15, 0.2) is 5.96 Å². The Hall–Kier alpha value is -4.55. The molecule has 4 aromatic rings. The predicted octanol–water partition coefficient (Wildman–Crippen LogP) is 2.71. The smallest absolute Gasteiger partial charge is 0.305 e. The minimum atomic E-state index is -1.30. The highest BCUT2D eigenvalue weighted by molar-refractivity contribution is 9.10. The van der Waals surface area contributed by atoms with Crippen molar-refractivity contribution in [3.8, 4) is 5.75 Å². The molecule has 16 heteroatoms. The number of carbonyl (C=O) groups excluding carboxylic acids is 1. The van der Waals surface area contributed by atoms with E-state index < -0.39 is 36.5 Å². The highest BCUT2D eigenvalue weighted by atomic mass is 79.9. The van der Waals surface area contributed by atoms with Crippen molar-refractivity contribution in [1.82, 2.24) is 20.9 Å². The lowest BCUT2D eigenvalue weighted by molar-refractivity contribution is -0.137. The van der Waals surface area contributed by atoms with Crippen molar-refractivity contribution >= 4 is 50.4 Å². The van der Waals surface area contributed by atoms with Gasteiger partial charge in [0.2, 0.25) is 5.91 Å². The van der Waals surface area contributed by atoms with Crippen LogP contribution in [0.2, 0.25) is 0 Å². The van der Waals surface area contributed by atoms with Crippen molar-refractivity contribution in [3.05, 3.63) is 93.1 Å². The lowest BCUT2D eigenvalue weighted by Crippen LogP contribution is -2.42. The normalized spacial score (nSPS) is 16.1. The van der Waals surface area contributed by atoms with E-state index >= 15 is 0 Å². The molecule has 0 spiro atoms. The van der Waals surface area contributed by atoms with Gasteiger partial charge in [-0.05, 0) is 46.9 Å². The molecule has 4 atom stereocenters. The largest absolute Gasteiger partial charge is 0.508 e. The third-order valence-electron chi connectivity index (χ3n) is 8.14. The van der Waals surface area contributed by atoms with E-state index in [4.69, 9.17) is 10.8 Å². The number of aromatic nitrogens is 1. The summed E-state index contributed by atoms with van der Waals surface area (Å²) < 4.78 is 0.775. The Morgan fingerprint density at radius 3 is 2.44 bits per heavy atom. The molecule has 0 aliphatic carbocycles. The average molecular weight is 785 g/mol. The summed E-state index contributed by atoms with van der Waals surface area (Å²) in [6.07, 6.45) is -3.26. The number of hydrogen-bond donors (Lipinski definition) is 12. The zero-order chi connectivity index (χ0) is 38.2. The number of fused-ring (bicyclic) bond motifs is 1. The monoisotopic (exact) mass is 783 g/mol. The number of H-pyrrole nitrogens is 1. The highest BCUT2D eigenvalue weighted by Gasteiger charge is 2.23. The Labute approximate surface area is 309 Å². The average Bonchev–Trinajstić information content (AvgIpc) is 3.46. The number of anilines is 1. The zero-order valence-corrected chi connectivity index (χ0v) is 30.6. The zero-order valence-electron chi connectivity index (χ0n) is 29.0. The molecule has 0 radical (unpaired) electrons. The molecule has 3 aromatic carbocycles. The standard InChI is InChI=1S/C26H34BrN5O6.C10H12N2O2/c1-26(2,3)16-4-14(5-17(27)8-16)21(10-23(36)37)32-22(35)13-28-24(38)15-6-18(9-19(33)7-15)31-25-29-11-20(34)12-30-25;11-10(14)9-7(5-13)6-3-1-2-4-8(6)12-9/h4-9,20-21,24,28,33-34,38H,10-13H2,1-3H3,(H,32,35)(H,36,37)(H2,29,30,31);1-4,10,12-14H,5,11H2. The molecule has 13 N–H and O–H groups in total. The number of phenols is 1. The van der Waals surface area contributed by atoms with E-state index in [2.05, 4.69) is 47.2 Å². The van der Waals surface area contributed by atoms with Gasteiger partial charge in [-0.15, -0.1) is 0 Å². The second kappa shape index (κ2) is 17.8. The molecule has 0 bridgehead atoms. The van der Waals surface area contributed by atoms with Crippen LogP contribution >= 0.6 is 15.9 Å². The molecule has 15 nitrogen and oxygen atoms in total. The van der Waals surface area contributed by atoms with Gasteiger partial charge in [0.05, 0.1) is 44.0 Å². The molecule has 4 unspecified atom stereocenters. The lowest BCUT2D eigenvalue weighted by atomic mass is 9.85. The maximum absolute atomic E-state index is 12.7. The number of carbonyl (C=O) groups is 2. The molecule has 5 rings (SSSR count). The van der Waals surface area contributed by atoms with E-state index in [1.54, 1.807) is 12.1 Å². The van der Waals surface area contributed by atoms with Crippen LogP contribution in [0.25, 0.3) is 10.9 Å². The molecular weight excluding hydrogens is 738 g/mol. The summed E-state index contributed by atoms with van der Waals surface area (Å²) in [4.78, 5) is 31.4. The van der Waals surface area contributed by atoms with Gasteiger partial charge in [0, 0.05) is 44.8 Å². The Morgan fingerprint density at radius 1 is 1.08 bits per heavy atom. The van der Waals surface area contributed by atoms with Crippen LogP contribution in [0.5, 0.6) is 5.75 Å². The first-order valence-electron chi connectivity index (χ1n) is 16.5. The van der Waals surface area contributed by atoms with Gasteiger partial charge in [-0.2, -0.15) is 0 Å². The first-order valence-corrected chi connectivity index (χ1v) is 17.3. The first-order chi connectivity index (χ1) is 24.5. The number of nitrogens with two attached hydrogens (primary N) is 1. The fourth-order valence-corrected chi connectivity index (χ4v) is 6.00. The van der Waals surface area contributed by atoms with E-state index in [1.165, 1.54) is 12.1 Å². The molecule has 0 fully saturated rings. The van der Waals surface area contributed by atoms with Crippen LogP contribution in [0.3, 0.4) is 0 Å². The number of aromatic amines is 1. The number of aliphatic carboxylic acids is 1. The van der Waals surface area contributed by atoms with Crippen LogP contribution in [0, 0.1) is 0 Å². The van der Waals surface area contributed by atoms with Gasteiger partial charge in [-0.25, -0.2) is 0 Å². The molecule has 280 valence electrons. The van der Waals surface area contributed by atoms with Crippen LogP contribution in [0.1, 0.15) is 73.6 Å². The van der Waals surface area contributed by atoms with Crippen molar-refractivity contribution in [2.45, 2.75) is 63.8 Å². The number of aliphatic hydroxyl groups excluding tert-OH is 4. The van der Waals surface area contributed by atoms with Crippen molar-refractivity contribution in [2.24, 2.45) is 10.7 Å². The maximum atomic E-state index is 12.7. The van der Waals surface area contributed by atoms with E-state index in [9.17, 15) is 35.1 Å². The van der Waals surface area contributed by atoms with Crippen molar-refractivity contribution < 1.29 is 40.2 Å². The van der Waals surface area contributed by atoms with E-state index in [1.807, 2.05) is 57.2 Å². The number of amides is 1. The number of hydrogen-bond acceptors (Lipinski definition) is 12. The number of aromatic hydroxyl groups is 1. The quantitative estimate of drug-likeness (QED) is 0.0981. The number of para-hydroxylation sites is 1. The van der Waals surface area contributed by atoms with Crippen molar-refractivity contribution in [3.63, 3.8) is 0 Å². The van der Waals surface area contributed by atoms with E-state index in [0.717, 1.165) is 20.9 Å². The van der Waals surface area contributed by atoms with Gasteiger partial charge in [0.25, 0.3) is 0 Å². The number of β-amino-alcohol motifs (C(OH)–C–C–N with tert-alkyl or cyclic N) is 1. The number of guanidine groups is 1. The molecule has 1 aliphatic rings. The molecule has 0 saturated heterocycles. The van der Waals surface area contributed by atoms with Gasteiger partial charge < -0.3 is 57.3 Å². The SMILES string of the molecule is CC(C)(C)c1cc(Br)cc(C(CC(=O)O)NC(=O)CNC(O)c2cc(O)cc(NC3=NCC(O)CN3)c2)c1.NC(O)c1[nH]c2ccccc2c1CO. The predicted molar refractivity (Wildman–Crippen MR) is 200 cm³/mol. The third kappa shape index (κ3) is 11.2. The van der Waals surface area contributed by atoms with Gasteiger partial charge in [-0.3, -0.25) is 19.9 Å². The van der Waals surface area contributed by atoms with Gasteiger partial charge in [-0.1, -0.05) is 61.0 Å². The number of aliphatic imine (C=N–C) groups is 1. The van der Waals surface area contributed by atoms with Crippen LogP contribution in [0.15, 0.2) is 70.1 Å². The van der Waals surface area contributed by atoms with Crippen molar-refractivity contribution in [1.29, 1.82) is 0 Å². The van der Waals surface area contributed by atoms with E-state index in [0.29, 0.717) is 40.6 Å². The summed E-state index contributed by atoms with van der Waals surface area (Å²) in [5.41, 5.74) is 9.57. The second-order valence-corrected chi connectivity index (χ2v) is 14.3. The number of carboxylic acid groups (broad SMARTS) is 1. The van der Waals surface area contributed by atoms with Crippen molar-refractivity contribution in [2.75, 3.05) is 25.0 Å². The maximum Gasteiger partial charge on any atom is 0.305 e. The summed E-state index contributed by atoms with van der Waals surface area (Å²) in [5, 5.41) is 70.3. The Balaban J connectivity index is 0.000000358. The molecular formula is C36H46BrN7O8. The highest BCUT2D eigenvalue weighted by Crippen LogP contribution is 2.30. The Morgan fingerprint density at radius 2 is 1.81 bits per heavy atom. The number of aliphatic hydroxyl groups is 4. The summed E-state index contributed by atoms with van der Waals surface area (Å²) in [5.74, 6) is -1.27. The molecule has 1 aliphatic heterocycles. The molecule has 52 heavy (non-hydrogen) atoms. The molecule has 1 amide bonds. The minimum absolute atomic E-state index is 0.113. The number of halogens is 1. The number of nitrogens with one attached hydrogen (secondary N) is 5. The third-order valence-corrected chi connectivity index (χ3v) is 8.60. The van der Waals surface area contributed by atoms with Crippen LogP contribution in [-0.4, -0.2) is 79.2 Å².